The summed E-state index contributed by atoms with van der Waals surface area (Å²) in [6, 6.07) is 2.59. The summed E-state index contributed by atoms with van der Waals surface area (Å²) in [5.74, 6) is 0. The van der Waals surface area contributed by atoms with Crippen LogP contribution in [0.2, 0.25) is 0 Å². The molecule has 0 spiro atoms. The molecule has 0 saturated heterocycles. The topological polar surface area (TPSA) is 37.2 Å². The molecule has 1 heterocycles. The standard InChI is InChI=1S/C13H22N2O/c1-13(10-16)6-3-4-12(13)14-8-11-5-7-15(2)9-11/h5,7,9,12,14,16H,3-4,6,8,10H2,1-2H3. The van der Waals surface area contributed by atoms with Crippen molar-refractivity contribution >= 4 is 0 Å². The van der Waals surface area contributed by atoms with Crippen molar-refractivity contribution in [2.45, 2.75) is 38.8 Å². The average Bonchev–Trinajstić information content (AvgIpc) is 2.83. The molecule has 3 nitrogen and oxygen atoms in total. The van der Waals surface area contributed by atoms with Crippen molar-refractivity contribution in [1.29, 1.82) is 0 Å². The van der Waals surface area contributed by atoms with Gasteiger partial charge in [-0.2, -0.15) is 0 Å². The minimum absolute atomic E-state index is 0.0782. The molecule has 0 aromatic carbocycles. The van der Waals surface area contributed by atoms with Crippen LogP contribution in [-0.2, 0) is 13.6 Å². The molecule has 1 saturated carbocycles. The molecular weight excluding hydrogens is 200 g/mol. The Bertz CT molecular complexity index is 347. The first kappa shape index (κ1) is 11.7. The molecule has 3 heteroatoms. The molecule has 0 bridgehead atoms. The number of hydrogen-bond acceptors (Lipinski definition) is 2. The first-order chi connectivity index (χ1) is 7.64. The van der Waals surface area contributed by atoms with E-state index in [-0.39, 0.29) is 5.41 Å². The van der Waals surface area contributed by atoms with E-state index in [1.165, 1.54) is 18.4 Å². The molecule has 0 amide bonds. The van der Waals surface area contributed by atoms with Gasteiger partial charge < -0.3 is 15.0 Å². The molecule has 2 N–H and O–H groups in total. The molecular formula is C13H22N2O. The van der Waals surface area contributed by atoms with Gasteiger partial charge in [-0.25, -0.2) is 0 Å². The lowest BCUT2D eigenvalue weighted by molar-refractivity contribution is 0.118. The van der Waals surface area contributed by atoms with Gasteiger partial charge in [0.2, 0.25) is 0 Å². The number of nitrogens with one attached hydrogen (secondary N) is 1. The van der Waals surface area contributed by atoms with Crippen LogP contribution >= 0.6 is 0 Å². The van der Waals surface area contributed by atoms with Crippen LogP contribution in [0.3, 0.4) is 0 Å². The van der Waals surface area contributed by atoms with Gasteiger partial charge in [-0.05, 0) is 24.5 Å². The van der Waals surface area contributed by atoms with Crippen molar-refractivity contribution in [2.24, 2.45) is 12.5 Å². The van der Waals surface area contributed by atoms with Gasteiger partial charge in [0.15, 0.2) is 0 Å². The maximum absolute atomic E-state index is 9.45. The molecule has 90 valence electrons. The number of aromatic nitrogens is 1. The molecule has 0 aliphatic heterocycles. The summed E-state index contributed by atoms with van der Waals surface area (Å²) in [5.41, 5.74) is 1.39. The number of aliphatic hydroxyl groups excluding tert-OH is 1. The minimum atomic E-state index is 0.0782. The molecule has 2 rings (SSSR count). The Morgan fingerprint density at radius 1 is 1.62 bits per heavy atom. The third-order valence-electron chi connectivity index (χ3n) is 3.89. The van der Waals surface area contributed by atoms with Gasteiger partial charge in [0.1, 0.15) is 0 Å². The van der Waals surface area contributed by atoms with Crippen LogP contribution in [0.4, 0.5) is 0 Å². The third-order valence-corrected chi connectivity index (χ3v) is 3.89. The van der Waals surface area contributed by atoms with Crippen molar-refractivity contribution in [1.82, 2.24) is 9.88 Å². The lowest BCUT2D eigenvalue weighted by atomic mass is 9.86. The van der Waals surface area contributed by atoms with Crippen molar-refractivity contribution in [3.63, 3.8) is 0 Å². The highest BCUT2D eigenvalue weighted by atomic mass is 16.3. The van der Waals surface area contributed by atoms with Crippen LogP contribution in [0.1, 0.15) is 31.7 Å². The molecule has 16 heavy (non-hydrogen) atoms. The summed E-state index contributed by atoms with van der Waals surface area (Å²) >= 11 is 0. The SMILES string of the molecule is Cn1ccc(CNC2CCCC2(C)CO)c1. The molecule has 2 atom stereocenters. The van der Waals surface area contributed by atoms with E-state index in [0.717, 1.165) is 13.0 Å². The predicted octanol–water partition coefficient (Wildman–Crippen LogP) is 1.67. The highest BCUT2D eigenvalue weighted by Crippen LogP contribution is 2.37. The fourth-order valence-electron chi connectivity index (χ4n) is 2.68. The largest absolute Gasteiger partial charge is 0.396 e. The minimum Gasteiger partial charge on any atom is -0.396 e. The summed E-state index contributed by atoms with van der Waals surface area (Å²) in [5, 5.41) is 13.0. The Balaban J connectivity index is 1.90. The summed E-state index contributed by atoms with van der Waals surface area (Å²) in [4.78, 5) is 0. The number of rotatable bonds is 4. The Hall–Kier alpha value is -0.800. The van der Waals surface area contributed by atoms with Crippen LogP contribution < -0.4 is 5.32 Å². The van der Waals surface area contributed by atoms with Crippen LogP contribution in [0.5, 0.6) is 0 Å². The Labute approximate surface area is 97.5 Å². The molecule has 1 aliphatic carbocycles. The zero-order chi connectivity index (χ0) is 11.6. The van der Waals surface area contributed by atoms with E-state index in [9.17, 15) is 5.11 Å². The molecule has 1 fully saturated rings. The molecule has 1 aliphatic rings. The number of aliphatic hydroxyl groups is 1. The zero-order valence-corrected chi connectivity index (χ0v) is 10.2. The van der Waals surface area contributed by atoms with E-state index in [2.05, 4.69) is 35.3 Å². The predicted molar refractivity (Wildman–Crippen MR) is 65.1 cm³/mol. The van der Waals surface area contributed by atoms with Crippen molar-refractivity contribution in [2.75, 3.05) is 6.61 Å². The Morgan fingerprint density at radius 2 is 2.44 bits per heavy atom. The third kappa shape index (κ3) is 2.30. The smallest absolute Gasteiger partial charge is 0.0499 e. The number of hydrogen-bond donors (Lipinski definition) is 2. The fraction of sp³-hybridized carbons (Fsp3) is 0.692. The van der Waals surface area contributed by atoms with Crippen LogP contribution in [0.15, 0.2) is 18.5 Å². The summed E-state index contributed by atoms with van der Waals surface area (Å²) in [7, 11) is 2.04. The molecule has 1 aromatic heterocycles. The van der Waals surface area contributed by atoms with Gasteiger partial charge in [0.05, 0.1) is 0 Å². The summed E-state index contributed by atoms with van der Waals surface area (Å²) in [6.45, 7) is 3.38. The highest BCUT2D eigenvalue weighted by molar-refractivity contribution is 5.10. The number of nitrogens with zero attached hydrogens (tertiary/aromatic N) is 1. The zero-order valence-electron chi connectivity index (χ0n) is 10.2. The van der Waals surface area contributed by atoms with Crippen LogP contribution in [0, 0.1) is 5.41 Å². The summed E-state index contributed by atoms with van der Waals surface area (Å²) < 4.78 is 2.07. The maximum Gasteiger partial charge on any atom is 0.0499 e. The monoisotopic (exact) mass is 222 g/mol. The fourth-order valence-corrected chi connectivity index (χ4v) is 2.68. The lowest BCUT2D eigenvalue weighted by Gasteiger charge is -2.30. The highest BCUT2D eigenvalue weighted by Gasteiger charge is 2.37. The quantitative estimate of drug-likeness (QED) is 0.813. The molecule has 2 unspecified atom stereocenters. The first-order valence-corrected chi connectivity index (χ1v) is 6.09. The molecule has 1 aromatic rings. The van der Waals surface area contributed by atoms with E-state index in [1.54, 1.807) is 0 Å². The average molecular weight is 222 g/mol. The van der Waals surface area contributed by atoms with Crippen LogP contribution in [0.25, 0.3) is 0 Å². The van der Waals surface area contributed by atoms with Gasteiger partial charge in [0.25, 0.3) is 0 Å². The normalized spacial score (nSPS) is 29.8. The Morgan fingerprint density at radius 3 is 3.06 bits per heavy atom. The Kier molecular flexibility index (Phi) is 3.36. The lowest BCUT2D eigenvalue weighted by Crippen LogP contribution is -2.41. The number of aryl methyl sites for hydroxylation is 1. The van der Waals surface area contributed by atoms with Crippen LogP contribution in [-0.4, -0.2) is 22.3 Å². The van der Waals surface area contributed by atoms with E-state index in [0.29, 0.717) is 12.6 Å². The van der Waals surface area contributed by atoms with E-state index < -0.39 is 0 Å². The van der Waals surface area contributed by atoms with Gasteiger partial charge in [-0.3, -0.25) is 0 Å². The van der Waals surface area contributed by atoms with Gasteiger partial charge in [0, 0.05) is 44.0 Å². The second-order valence-corrected chi connectivity index (χ2v) is 5.32. The van der Waals surface area contributed by atoms with Crippen molar-refractivity contribution in [3.05, 3.63) is 24.0 Å². The summed E-state index contributed by atoms with van der Waals surface area (Å²) in [6.07, 6.45) is 7.75. The van der Waals surface area contributed by atoms with Crippen molar-refractivity contribution < 1.29 is 5.11 Å². The second kappa shape index (κ2) is 4.60. The van der Waals surface area contributed by atoms with E-state index in [1.807, 2.05) is 7.05 Å². The second-order valence-electron chi connectivity index (χ2n) is 5.32. The first-order valence-electron chi connectivity index (χ1n) is 6.09. The van der Waals surface area contributed by atoms with Gasteiger partial charge in [-0.15, -0.1) is 0 Å². The maximum atomic E-state index is 9.45. The van der Waals surface area contributed by atoms with Crippen molar-refractivity contribution in [3.8, 4) is 0 Å². The van der Waals surface area contributed by atoms with E-state index in [4.69, 9.17) is 0 Å². The van der Waals surface area contributed by atoms with Gasteiger partial charge in [-0.1, -0.05) is 13.3 Å². The van der Waals surface area contributed by atoms with E-state index >= 15 is 0 Å². The molecule has 0 radical (unpaired) electrons. The van der Waals surface area contributed by atoms with Gasteiger partial charge >= 0.3 is 0 Å².